The van der Waals surface area contributed by atoms with Gasteiger partial charge in [0, 0.05) is 11.8 Å². The fraction of sp³-hybridized carbons (Fsp3) is 0.200. The number of aromatic nitrogens is 1. The third kappa shape index (κ3) is 3.47. The summed E-state index contributed by atoms with van der Waals surface area (Å²) in [6, 6.07) is 7.59. The molecule has 1 amide bonds. The standard InChI is InChI=1S/C15H15FN2O3/c1-20-13-6-5-10(8-14(13)21-2)15(19)18-9-12-11(16)4-3-7-17-12/h3-8H,9H2,1-2H3,(H,18,19). The van der Waals surface area contributed by atoms with Crippen molar-refractivity contribution in [3.8, 4) is 11.5 Å². The summed E-state index contributed by atoms with van der Waals surface area (Å²) in [7, 11) is 3.00. The highest BCUT2D eigenvalue weighted by molar-refractivity contribution is 5.94. The second-order valence-electron chi connectivity index (χ2n) is 4.18. The molecule has 2 aromatic rings. The molecule has 110 valence electrons. The van der Waals surface area contributed by atoms with Crippen LogP contribution in [0.2, 0.25) is 0 Å². The first kappa shape index (κ1) is 14.8. The molecule has 1 N–H and O–H groups in total. The summed E-state index contributed by atoms with van der Waals surface area (Å²) in [6.07, 6.45) is 1.47. The summed E-state index contributed by atoms with van der Waals surface area (Å²) < 4.78 is 23.6. The van der Waals surface area contributed by atoms with Crippen LogP contribution in [-0.4, -0.2) is 25.1 Å². The van der Waals surface area contributed by atoms with Crippen LogP contribution in [0.1, 0.15) is 16.1 Å². The van der Waals surface area contributed by atoms with Gasteiger partial charge in [-0.2, -0.15) is 0 Å². The SMILES string of the molecule is COc1ccc(C(=O)NCc2ncccc2F)cc1OC. The second-order valence-corrected chi connectivity index (χ2v) is 4.18. The number of carbonyl (C=O) groups excluding carboxylic acids is 1. The Morgan fingerprint density at radius 1 is 1.24 bits per heavy atom. The van der Waals surface area contributed by atoms with E-state index in [0.29, 0.717) is 17.1 Å². The predicted molar refractivity (Wildman–Crippen MR) is 74.9 cm³/mol. The highest BCUT2D eigenvalue weighted by Gasteiger charge is 2.11. The van der Waals surface area contributed by atoms with E-state index in [4.69, 9.17) is 9.47 Å². The Bertz CT molecular complexity index is 647. The van der Waals surface area contributed by atoms with E-state index in [0.717, 1.165) is 0 Å². The maximum atomic E-state index is 13.4. The van der Waals surface area contributed by atoms with Crippen molar-refractivity contribution in [2.75, 3.05) is 14.2 Å². The molecule has 0 bridgehead atoms. The molecule has 5 nitrogen and oxygen atoms in total. The van der Waals surface area contributed by atoms with Gasteiger partial charge in [0.15, 0.2) is 11.5 Å². The smallest absolute Gasteiger partial charge is 0.251 e. The summed E-state index contributed by atoms with van der Waals surface area (Å²) in [4.78, 5) is 15.9. The number of nitrogens with zero attached hydrogens (tertiary/aromatic N) is 1. The fourth-order valence-electron chi connectivity index (χ4n) is 1.79. The largest absolute Gasteiger partial charge is 0.493 e. The Labute approximate surface area is 121 Å². The van der Waals surface area contributed by atoms with Crippen molar-refractivity contribution < 1.29 is 18.7 Å². The fourth-order valence-corrected chi connectivity index (χ4v) is 1.79. The third-order valence-corrected chi connectivity index (χ3v) is 2.90. The van der Waals surface area contributed by atoms with E-state index in [-0.39, 0.29) is 18.1 Å². The molecule has 0 aliphatic rings. The third-order valence-electron chi connectivity index (χ3n) is 2.90. The molecule has 0 saturated heterocycles. The Hall–Kier alpha value is -2.63. The first-order valence-corrected chi connectivity index (χ1v) is 6.25. The van der Waals surface area contributed by atoms with Crippen LogP contribution in [0.4, 0.5) is 4.39 Å². The highest BCUT2D eigenvalue weighted by atomic mass is 19.1. The second kappa shape index (κ2) is 6.69. The van der Waals surface area contributed by atoms with Gasteiger partial charge in [0.1, 0.15) is 5.82 Å². The van der Waals surface area contributed by atoms with Crippen molar-refractivity contribution >= 4 is 5.91 Å². The minimum atomic E-state index is -0.454. The summed E-state index contributed by atoms with van der Waals surface area (Å²) in [5.74, 6) is 0.185. The molecule has 0 atom stereocenters. The Morgan fingerprint density at radius 3 is 2.67 bits per heavy atom. The number of benzene rings is 1. The van der Waals surface area contributed by atoms with Crippen molar-refractivity contribution in [3.05, 3.63) is 53.6 Å². The topological polar surface area (TPSA) is 60.5 Å². The van der Waals surface area contributed by atoms with Gasteiger partial charge in [-0.3, -0.25) is 9.78 Å². The van der Waals surface area contributed by atoms with E-state index >= 15 is 0 Å². The predicted octanol–water partition coefficient (Wildman–Crippen LogP) is 2.17. The number of methoxy groups -OCH3 is 2. The summed E-state index contributed by atoms with van der Waals surface area (Å²) in [5, 5.41) is 2.61. The molecule has 1 aromatic carbocycles. The quantitative estimate of drug-likeness (QED) is 0.916. The van der Waals surface area contributed by atoms with Crippen LogP contribution in [0.15, 0.2) is 36.5 Å². The molecule has 0 fully saturated rings. The van der Waals surface area contributed by atoms with Crippen LogP contribution in [-0.2, 0) is 6.54 Å². The maximum Gasteiger partial charge on any atom is 0.251 e. The van der Waals surface area contributed by atoms with Gasteiger partial charge in [0.25, 0.3) is 5.91 Å². The summed E-state index contributed by atoms with van der Waals surface area (Å²) >= 11 is 0. The molecule has 1 heterocycles. The molecule has 0 unspecified atom stereocenters. The average molecular weight is 290 g/mol. The van der Waals surface area contributed by atoms with Gasteiger partial charge in [-0.25, -0.2) is 4.39 Å². The van der Waals surface area contributed by atoms with Crippen LogP contribution >= 0.6 is 0 Å². The van der Waals surface area contributed by atoms with Gasteiger partial charge in [-0.15, -0.1) is 0 Å². The average Bonchev–Trinajstić information content (AvgIpc) is 2.53. The van der Waals surface area contributed by atoms with Crippen LogP contribution in [0.5, 0.6) is 11.5 Å². The lowest BCUT2D eigenvalue weighted by Gasteiger charge is -2.10. The number of nitrogens with one attached hydrogen (secondary N) is 1. The lowest BCUT2D eigenvalue weighted by atomic mass is 10.2. The summed E-state index contributed by atoms with van der Waals surface area (Å²) in [6.45, 7) is 0.0137. The molecule has 0 saturated carbocycles. The van der Waals surface area contributed by atoms with E-state index < -0.39 is 5.82 Å². The van der Waals surface area contributed by atoms with Crippen molar-refractivity contribution in [1.29, 1.82) is 0 Å². The number of halogens is 1. The van der Waals surface area contributed by atoms with Gasteiger partial charge in [-0.1, -0.05) is 0 Å². The van der Waals surface area contributed by atoms with Crippen LogP contribution in [0.3, 0.4) is 0 Å². The lowest BCUT2D eigenvalue weighted by Crippen LogP contribution is -2.23. The number of pyridine rings is 1. The number of amides is 1. The molecule has 0 spiro atoms. The van der Waals surface area contributed by atoms with Gasteiger partial charge >= 0.3 is 0 Å². The van der Waals surface area contributed by atoms with Crippen LogP contribution in [0.25, 0.3) is 0 Å². The zero-order valence-corrected chi connectivity index (χ0v) is 11.7. The number of ether oxygens (including phenoxy) is 2. The van der Waals surface area contributed by atoms with Crippen LogP contribution < -0.4 is 14.8 Å². The number of rotatable bonds is 5. The van der Waals surface area contributed by atoms with Crippen molar-refractivity contribution in [3.63, 3.8) is 0 Å². The minimum absolute atomic E-state index is 0.0137. The van der Waals surface area contributed by atoms with Crippen molar-refractivity contribution in [1.82, 2.24) is 10.3 Å². The number of carbonyl (C=O) groups is 1. The highest BCUT2D eigenvalue weighted by Crippen LogP contribution is 2.27. The monoisotopic (exact) mass is 290 g/mol. The molecule has 2 rings (SSSR count). The molecule has 0 aliphatic heterocycles. The van der Waals surface area contributed by atoms with Crippen LogP contribution in [0, 0.1) is 5.82 Å². The molecular formula is C15H15FN2O3. The molecule has 0 aliphatic carbocycles. The van der Waals surface area contributed by atoms with Gasteiger partial charge in [0.2, 0.25) is 0 Å². The maximum absolute atomic E-state index is 13.4. The minimum Gasteiger partial charge on any atom is -0.493 e. The van der Waals surface area contributed by atoms with E-state index in [2.05, 4.69) is 10.3 Å². The first-order chi connectivity index (χ1) is 10.2. The zero-order valence-electron chi connectivity index (χ0n) is 11.7. The normalized spacial score (nSPS) is 10.0. The summed E-state index contributed by atoms with van der Waals surface area (Å²) in [5.41, 5.74) is 0.579. The first-order valence-electron chi connectivity index (χ1n) is 6.25. The number of hydrogen-bond acceptors (Lipinski definition) is 4. The van der Waals surface area contributed by atoms with Crippen molar-refractivity contribution in [2.45, 2.75) is 6.54 Å². The molecule has 1 aromatic heterocycles. The lowest BCUT2D eigenvalue weighted by molar-refractivity contribution is 0.0949. The van der Waals surface area contributed by atoms with Crippen molar-refractivity contribution in [2.24, 2.45) is 0 Å². The van der Waals surface area contributed by atoms with E-state index in [1.54, 1.807) is 18.2 Å². The van der Waals surface area contributed by atoms with Gasteiger partial charge < -0.3 is 14.8 Å². The van der Waals surface area contributed by atoms with E-state index in [1.807, 2.05) is 0 Å². The van der Waals surface area contributed by atoms with E-state index in [9.17, 15) is 9.18 Å². The molecular weight excluding hydrogens is 275 g/mol. The zero-order chi connectivity index (χ0) is 15.2. The Kier molecular flexibility index (Phi) is 4.71. The molecule has 6 heteroatoms. The van der Waals surface area contributed by atoms with Gasteiger partial charge in [0.05, 0.1) is 26.5 Å². The number of hydrogen-bond donors (Lipinski definition) is 1. The Morgan fingerprint density at radius 2 is 2.00 bits per heavy atom. The van der Waals surface area contributed by atoms with E-state index in [1.165, 1.54) is 32.5 Å². The Balaban J connectivity index is 2.09. The molecule has 21 heavy (non-hydrogen) atoms. The van der Waals surface area contributed by atoms with Gasteiger partial charge in [-0.05, 0) is 30.3 Å². The molecule has 0 radical (unpaired) electrons.